The Kier molecular flexibility index (Phi) is 3.94. The molecule has 2 aliphatic rings. The molecule has 1 amide bonds. The average Bonchev–Trinajstić information content (AvgIpc) is 2.97. The number of methoxy groups -OCH3 is 1. The van der Waals surface area contributed by atoms with Gasteiger partial charge < -0.3 is 19.1 Å². The van der Waals surface area contributed by atoms with Crippen LogP contribution in [0.1, 0.15) is 12.8 Å². The molecule has 2 aliphatic heterocycles. The molecular formula is C14H19N3O4. The number of nitrogens with one attached hydrogen (secondary N) is 1. The van der Waals surface area contributed by atoms with Gasteiger partial charge in [0.15, 0.2) is 5.79 Å². The highest BCUT2D eigenvalue weighted by Gasteiger charge is 2.39. The largest absolute Gasteiger partial charge is 0.453 e. The lowest BCUT2D eigenvalue weighted by Crippen LogP contribution is -2.45. The number of carbonyl (C=O) groups excluding carboxylic acids is 1. The van der Waals surface area contributed by atoms with Crippen molar-refractivity contribution >= 4 is 17.6 Å². The first-order valence-electron chi connectivity index (χ1n) is 7.05. The van der Waals surface area contributed by atoms with E-state index in [9.17, 15) is 4.79 Å². The molecule has 0 aliphatic carbocycles. The number of piperidine rings is 1. The molecule has 0 unspecified atom stereocenters. The number of carbonyl (C=O) groups is 1. The van der Waals surface area contributed by atoms with Gasteiger partial charge in [-0.1, -0.05) is 0 Å². The van der Waals surface area contributed by atoms with Gasteiger partial charge in [-0.3, -0.25) is 5.32 Å². The molecular weight excluding hydrogens is 274 g/mol. The minimum atomic E-state index is -0.523. The van der Waals surface area contributed by atoms with Gasteiger partial charge in [0.05, 0.1) is 32.2 Å². The number of amides is 1. The molecule has 7 heteroatoms. The van der Waals surface area contributed by atoms with Gasteiger partial charge in [-0.2, -0.15) is 0 Å². The van der Waals surface area contributed by atoms with Crippen LogP contribution in [-0.2, 0) is 14.2 Å². The first kappa shape index (κ1) is 14.1. The molecule has 0 saturated carbocycles. The summed E-state index contributed by atoms with van der Waals surface area (Å²) in [6.45, 7) is 3.11. The van der Waals surface area contributed by atoms with Crippen LogP contribution >= 0.6 is 0 Å². The van der Waals surface area contributed by atoms with E-state index >= 15 is 0 Å². The molecule has 0 bridgehead atoms. The van der Waals surface area contributed by atoms with Gasteiger partial charge in [0, 0.05) is 25.9 Å². The number of pyridine rings is 1. The fourth-order valence-electron chi connectivity index (χ4n) is 2.69. The third-order valence-corrected chi connectivity index (χ3v) is 3.87. The highest BCUT2D eigenvalue weighted by Crippen LogP contribution is 2.33. The zero-order valence-corrected chi connectivity index (χ0v) is 12.0. The summed E-state index contributed by atoms with van der Waals surface area (Å²) in [4.78, 5) is 17.6. The SMILES string of the molecule is COC(=O)Nc1ccc(N2CCC3(CC2)OCCO3)cn1. The van der Waals surface area contributed by atoms with E-state index in [0.29, 0.717) is 19.0 Å². The van der Waals surface area contributed by atoms with Gasteiger partial charge in [-0.15, -0.1) is 0 Å². The molecule has 21 heavy (non-hydrogen) atoms. The highest BCUT2D eigenvalue weighted by molar-refractivity contribution is 5.83. The second-order valence-electron chi connectivity index (χ2n) is 5.11. The predicted molar refractivity (Wildman–Crippen MR) is 76.3 cm³/mol. The summed E-state index contributed by atoms with van der Waals surface area (Å²) in [5.41, 5.74) is 1.03. The molecule has 2 fully saturated rings. The zero-order valence-electron chi connectivity index (χ0n) is 12.0. The van der Waals surface area contributed by atoms with Crippen LogP contribution in [0.15, 0.2) is 18.3 Å². The summed E-state index contributed by atoms with van der Waals surface area (Å²) in [5, 5.41) is 2.53. The van der Waals surface area contributed by atoms with E-state index < -0.39 is 6.09 Å². The Balaban J connectivity index is 1.59. The van der Waals surface area contributed by atoms with E-state index in [1.165, 1.54) is 7.11 Å². The Hall–Kier alpha value is -1.86. The van der Waals surface area contributed by atoms with E-state index in [1.807, 2.05) is 6.07 Å². The molecule has 1 N–H and O–H groups in total. The maximum absolute atomic E-state index is 11.1. The topological polar surface area (TPSA) is 72.9 Å². The Morgan fingerprint density at radius 2 is 2.05 bits per heavy atom. The first-order valence-corrected chi connectivity index (χ1v) is 7.05. The second kappa shape index (κ2) is 5.87. The van der Waals surface area contributed by atoms with Crippen LogP contribution in [0.5, 0.6) is 0 Å². The van der Waals surface area contributed by atoms with Crippen molar-refractivity contribution in [3.05, 3.63) is 18.3 Å². The summed E-state index contributed by atoms with van der Waals surface area (Å²) in [7, 11) is 1.32. The van der Waals surface area contributed by atoms with Gasteiger partial charge in [0.1, 0.15) is 5.82 Å². The third-order valence-electron chi connectivity index (χ3n) is 3.87. The standard InChI is InChI=1S/C14H19N3O4/c1-19-13(18)16-12-3-2-11(10-15-12)17-6-4-14(5-7-17)20-8-9-21-14/h2-3,10H,4-9H2,1H3,(H,15,16,18). The van der Waals surface area contributed by atoms with Crippen LogP contribution in [0, 0.1) is 0 Å². The number of hydrogen-bond acceptors (Lipinski definition) is 6. The molecule has 1 spiro atoms. The average molecular weight is 293 g/mol. The maximum atomic E-state index is 11.1. The monoisotopic (exact) mass is 293 g/mol. The molecule has 114 valence electrons. The number of ether oxygens (including phenoxy) is 3. The Labute approximate surface area is 123 Å². The second-order valence-corrected chi connectivity index (χ2v) is 5.11. The van der Waals surface area contributed by atoms with Gasteiger partial charge in [-0.05, 0) is 12.1 Å². The molecule has 3 rings (SSSR count). The Morgan fingerprint density at radius 3 is 2.62 bits per heavy atom. The molecule has 2 saturated heterocycles. The summed E-state index contributed by atoms with van der Waals surface area (Å²) in [6.07, 6.45) is 2.94. The smallest absolute Gasteiger partial charge is 0.412 e. The number of anilines is 2. The lowest BCUT2D eigenvalue weighted by atomic mass is 10.0. The number of hydrogen-bond donors (Lipinski definition) is 1. The highest BCUT2D eigenvalue weighted by atomic mass is 16.7. The van der Waals surface area contributed by atoms with Crippen LogP contribution in [0.2, 0.25) is 0 Å². The van der Waals surface area contributed by atoms with Crippen LogP contribution in [0.3, 0.4) is 0 Å². The third kappa shape index (κ3) is 3.08. The fourth-order valence-corrected chi connectivity index (χ4v) is 2.69. The number of nitrogens with zero attached hydrogens (tertiary/aromatic N) is 2. The van der Waals surface area contributed by atoms with Crippen LogP contribution in [0.25, 0.3) is 0 Å². The predicted octanol–water partition coefficient (Wildman–Crippen LogP) is 1.60. The van der Waals surface area contributed by atoms with Crippen molar-refractivity contribution in [2.24, 2.45) is 0 Å². The first-order chi connectivity index (χ1) is 10.2. The molecule has 7 nitrogen and oxygen atoms in total. The van der Waals surface area contributed by atoms with Crippen molar-refractivity contribution in [1.82, 2.24) is 4.98 Å². The lowest BCUT2D eigenvalue weighted by Gasteiger charge is -2.38. The molecule has 0 atom stereocenters. The van der Waals surface area contributed by atoms with Crippen LogP contribution in [-0.4, -0.2) is 50.3 Å². The zero-order chi connectivity index (χ0) is 14.7. The van der Waals surface area contributed by atoms with E-state index in [0.717, 1.165) is 31.6 Å². The van der Waals surface area contributed by atoms with Gasteiger partial charge >= 0.3 is 6.09 Å². The van der Waals surface area contributed by atoms with E-state index in [4.69, 9.17) is 9.47 Å². The molecule has 0 aromatic carbocycles. The van der Waals surface area contributed by atoms with Crippen molar-refractivity contribution < 1.29 is 19.0 Å². The van der Waals surface area contributed by atoms with Crippen LogP contribution in [0.4, 0.5) is 16.3 Å². The van der Waals surface area contributed by atoms with E-state index in [2.05, 4.69) is 19.9 Å². The van der Waals surface area contributed by atoms with Crippen molar-refractivity contribution in [3.63, 3.8) is 0 Å². The van der Waals surface area contributed by atoms with E-state index in [-0.39, 0.29) is 5.79 Å². The summed E-state index contributed by atoms with van der Waals surface area (Å²) >= 11 is 0. The number of rotatable bonds is 2. The quantitative estimate of drug-likeness (QED) is 0.893. The minimum Gasteiger partial charge on any atom is -0.453 e. The molecule has 0 radical (unpaired) electrons. The van der Waals surface area contributed by atoms with Crippen molar-refractivity contribution in [3.8, 4) is 0 Å². The van der Waals surface area contributed by atoms with Gasteiger partial charge in [0.25, 0.3) is 0 Å². The normalized spacial score (nSPS) is 20.5. The molecule has 1 aromatic heterocycles. The van der Waals surface area contributed by atoms with Gasteiger partial charge in [-0.25, -0.2) is 9.78 Å². The maximum Gasteiger partial charge on any atom is 0.412 e. The Bertz CT molecular complexity index is 489. The summed E-state index contributed by atoms with van der Waals surface area (Å²) in [5.74, 6) is 0.109. The summed E-state index contributed by atoms with van der Waals surface area (Å²) < 4.78 is 16.0. The van der Waals surface area contributed by atoms with Gasteiger partial charge in [0.2, 0.25) is 0 Å². The molecule has 3 heterocycles. The van der Waals surface area contributed by atoms with E-state index in [1.54, 1.807) is 12.3 Å². The van der Waals surface area contributed by atoms with Crippen molar-refractivity contribution in [2.75, 3.05) is 43.6 Å². The van der Waals surface area contributed by atoms with Crippen molar-refractivity contribution in [1.29, 1.82) is 0 Å². The number of aromatic nitrogens is 1. The fraction of sp³-hybridized carbons (Fsp3) is 0.571. The molecule has 1 aromatic rings. The van der Waals surface area contributed by atoms with Crippen molar-refractivity contribution in [2.45, 2.75) is 18.6 Å². The minimum absolute atomic E-state index is 0.365. The Morgan fingerprint density at radius 1 is 1.33 bits per heavy atom. The lowest BCUT2D eigenvalue weighted by molar-refractivity contribution is -0.169. The van der Waals surface area contributed by atoms with Crippen LogP contribution < -0.4 is 10.2 Å². The summed E-state index contributed by atoms with van der Waals surface area (Å²) in [6, 6.07) is 3.70.